The lowest BCUT2D eigenvalue weighted by molar-refractivity contribution is 0.102. The number of nitrogens with one attached hydrogen (secondary N) is 1. The van der Waals surface area contributed by atoms with Crippen molar-refractivity contribution >= 4 is 11.6 Å². The van der Waals surface area contributed by atoms with E-state index in [1.54, 1.807) is 23.2 Å². The van der Waals surface area contributed by atoms with Gasteiger partial charge in [0.15, 0.2) is 0 Å². The summed E-state index contributed by atoms with van der Waals surface area (Å²) in [6, 6.07) is 7.65. The van der Waals surface area contributed by atoms with Gasteiger partial charge in [-0.05, 0) is 24.6 Å². The van der Waals surface area contributed by atoms with Gasteiger partial charge >= 0.3 is 0 Å². The van der Waals surface area contributed by atoms with Crippen LogP contribution in [0.4, 0.5) is 5.69 Å². The number of allylic oxidation sites excluding steroid dienone is 1. The first-order valence-electron chi connectivity index (χ1n) is 5.70. The Bertz CT molecular complexity index is 572. The first kappa shape index (κ1) is 12.1. The number of rotatable bonds is 4. The van der Waals surface area contributed by atoms with Gasteiger partial charge in [0.2, 0.25) is 0 Å². The van der Waals surface area contributed by atoms with E-state index >= 15 is 0 Å². The standard InChI is InChI=1S/C14H15N3O/c1-3-7-17-9-13(15-10-17)14(18)16-12-6-4-5-11(2)8-12/h3-6,8-10H,1,7H2,2H3,(H,16,18). The second-order valence-corrected chi connectivity index (χ2v) is 4.07. The molecule has 0 atom stereocenters. The fourth-order valence-corrected chi connectivity index (χ4v) is 1.64. The molecular formula is C14H15N3O. The molecule has 92 valence electrons. The molecule has 1 heterocycles. The summed E-state index contributed by atoms with van der Waals surface area (Å²) in [7, 11) is 0. The molecule has 0 saturated carbocycles. The number of amides is 1. The first-order chi connectivity index (χ1) is 8.69. The highest BCUT2D eigenvalue weighted by atomic mass is 16.1. The lowest BCUT2D eigenvalue weighted by Gasteiger charge is -2.03. The van der Waals surface area contributed by atoms with Crippen molar-refractivity contribution in [2.75, 3.05) is 5.32 Å². The van der Waals surface area contributed by atoms with Gasteiger partial charge in [0, 0.05) is 18.4 Å². The van der Waals surface area contributed by atoms with Crippen LogP contribution < -0.4 is 5.32 Å². The molecule has 0 bridgehead atoms. The van der Waals surface area contributed by atoms with Crippen molar-refractivity contribution in [3.63, 3.8) is 0 Å². The molecule has 1 aromatic carbocycles. The van der Waals surface area contributed by atoms with Gasteiger partial charge in [-0.15, -0.1) is 6.58 Å². The summed E-state index contributed by atoms with van der Waals surface area (Å²) in [5.74, 6) is -0.205. The number of hydrogen-bond acceptors (Lipinski definition) is 2. The predicted octanol–water partition coefficient (Wildman–Crippen LogP) is 2.63. The van der Waals surface area contributed by atoms with Gasteiger partial charge in [0.1, 0.15) is 5.69 Å². The van der Waals surface area contributed by atoms with E-state index in [2.05, 4.69) is 16.9 Å². The normalized spacial score (nSPS) is 10.1. The molecule has 0 radical (unpaired) electrons. The van der Waals surface area contributed by atoms with Crippen LogP contribution in [-0.2, 0) is 6.54 Å². The average molecular weight is 241 g/mol. The Morgan fingerprint density at radius 3 is 3.11 bits per heavy atom. The van der Waals surface area contributed by atoms with Crippen LogP contribution in [0.15, 0.2) is 49.4 Å². The van der Waals surface area contributed by atoms with E-state index < -0.39 is 0 Å². The minimum atomic E-state index is -0.205. The molecule has 4 nitrogen and oxygen atoms in total. The molecule has 1 amide bonds. The molecule has 0 aliphatic rings. The predicted molar refractivity (Wildman–Crippen MR) is 71.6 cm³/mol. The largest absolute Gasteiger partial charge is 0.333 e. The molecule has 0 unspecified atom stereocenters. The molecule has 0 fully saturated rings. The summed E-state index contributed by atoms with van der Waals surface area (Å²) in [6.45, 7) is 6.26. The minimum Gasteiger partial charge on any atom is -0.333 e. The lowest BCUT2D eigenvalue weighted by atomic mass is 10.2. The third-order valence-corrected chi connectivity index (χ3v) is 2.48. The van der Waals surface area contributed by atoms with Crippen LogP contribution in [0.2, 0.25) is 0 Å². The maximum absolute atomic E-state index is 11.9. The number of benzene rings is 1. The van der Waals surface area contributed by atoms with Crippen LogP contribution in [0.3, 0.4) is 0 Å². The minimum absolute atomic E-state index is 0.205. The van der Waals surface area contributed by atoms with Crippen LogP contribution in [0.5, 0.6) is 0 Å². The van der Waals surface area contributed by atoms with Crippen molar-refractivity contribution < 1.29 is 4.79 Å². The highest BCUT2D eigenvalue weighted by Crippen LogP contribution is 2.10. The zero-order valence-electron chi connectivity index (χ0n) is 10.3. The average Bonchev–Trinajstić information content (AvgIpc) is 2.78. The van der Waals surface area contributed by atoms with Gasteiger partial charge < -0.3 is 9.88 Å². The molecule has 0 aliphatic carbocycles. The van der Waals surface area contributed by atoms with E-state index in [0.717, 1.165) is 11.3 Å². The Hall–Kier alpha value is -2.36. The number of imidazole rings is 1. The molecular weight excluding hydrogens is 226 g/mol. The number of carbonyl (C=O) groups is 1. The van der Waals surface area contributed by atoms with Crippen molar-refractivity contribution in [3.8, 4) is 0 Å². The van der Waals surface area contributed by atoms with E-state index in [0.29, 0.717) is 12.2 Å². The lowest BCUT2D eigenvalue weighted by Crippen LogP contribution is -2.12. The van der Waals surface area contributed by atoms with Gasteiger partial charge in [0.25, 0.3) is 5.91 Å². The second-order valence-electron chi connectivity index (χ2n) is 4.07. The fraction of sp³-hybridized carbons (Fsp3) is 0.143. The summed E-state index contributed by atoms with van der Waals surface area (Å²) in [4.78, 5) is 16.0. The van der Waals surface area contributed by atoms with Crippen LogP contribution in [-0.4, -0.2) is 15.5 Å². The highest BCUT2D eigenvalue weighted by Gasteiger charge is 2.09. The number of aryl methyl sites for hydroxylation is 1. The Balaban J connectivity index is 2.09. The van der Waals surface area contributed by atoms with Crippen molar-refractivity contribution in [1.82, 2.24) is 9.55 Å². The summed E-state index contributed by atoms with van der Waals surface area (Å²) < 4.78 is 1.80. The van der Waals surface area contributed by atoms with Crippen LogP contribution in [0.25, 0.3) is 0 Å². The van der Waals surface area contributed by atoms with Crippen LogP contribution >= 0.6 is 0 Å². The van der Waals surface area contributed by atoms with Crippen LogP contribution in [0.1, 0.15) is 16.1 Å². The number of carbonyl (C=O) groups excluding carboxylic acids is 1. The molecule has 0 saturated heterocycles. The van der Waals surface area contributed by atoms with Gasteiger partial charge in [0.05, 0.1) is 6.33 Å². The Labute approximate surface area is 106 Å². The monoisotopic (exact) mass is 241 g/mol. The van der Waals surface area contributed by atoms with Crippen molar-refractivity contribution in [1.29, 1.82) is 0 Å². The molecule has 2 rings (SSSR count). The zero-order valence-corrected chi connectivity index (χ0v) is 10.3. The highest BCUT2D eigenvalue weighted by molar-refractivity contribution is 6.02. The Morgan fingerprint density at radius 2 is 2.39 bits per heavy atom. The summed E-state index contributed by atoms with van der Waals surface area (Å²) in [5.41, 5.74) is 2.28. The summed E-state index contributed by atoms with van der Waals surface area (Å²) in [6.07, 6.45) is 5.07. The number of aromatic nitrogens is 2. The smallest absolute Gasteiger partial charge is 0.275 e. The molecule has 0 aliphatic heterocycles. The zero-order chi connectivity index (χ0) is 13.0. The van der Waals surface area contributed by atoms with Gasteiger partial charge in [-0.25, -0.2) is 4.98 Å². The van der Waals surface area contributed by atoms with Gasteiger partial charge in [-0.3, -0.25) is 4.79 Å². The SMILES string of the molecule is C=CCn1cnc(C(=O)Nc2cccc(C)c2)c1. The molecule has 0 spiro atoms. The maximum Gasteiger partial charge on any atom is 0.275 e. The first-order valence-corrected chi connectivity index (χ1v) is 5.70. The molecule has 2 aromatic rings. The van der Waals surface area contributed by atoms with E-state index in [-0.39, 0.29) is 5.91 Å². The fourth-order valence-electron chi connectivity index (χ4n) is 1.64. The van der Waals surface area contributed by atoms with Crippen molar-refractivity contribution in [2.24, 2.45) is 0 Å². The second kappa shape index (κ2) is 5.31. The Kier molecular flexibility index (Phi) is 3.57. The number of hydrogen-bond donors (Lipinski definition) is 1. The number of nitrogens with zero attached hydrogens (tertiary/aromatic N) is 2. The number of anilines is 1. The van der Waals surface area contributed by atoms with E-state index in [9.17, 15) is 4.79 Å². The Morgan fingerprint density at radius 1 is 1.56 bits per heavy atom. The molecule has 18 heavy (non-hydrogen) atoms. The van der Waals surface area contributed by atoms with E-state index in [1.165, 1.54) is 0 Å². The van der Waals surface area contributed by atoms with Gasteiger partial charge in [-0.1, -0.05) is 18.2 Å². The topological polar surface area (TPSA) is 46.9 Å². The van der Waals surface area contributed by atoms with Crippen molar-refractivity contribution in [2.45, 2.75) is 13.5 Å². The summed E-state index contributed by atoms with van der Waals surface area (Å²) >= 11 is 0. The van der Waals surface area contributed by atoms with Gasteiger partial charge in [-0.2, -0.15) is 0 Å². The summed E-state index contributed by atoms with van der Waals surface area (Å²) in [5, 5.41) is 2.81. The van der Waals surface area contributed by atoms with Crippen LogP contribution in [0, 0.1) is 6.92 Å². The quantitative estimate of drug-likeness (QED) is 0.836. The molecule has 1 N–H and O–H groups in total. The molecule has 1 aromatic heterocycles. The molecule has 4 heteroatoms. The maximum atomic E-state index is 11.9. The van der Waals surface area contributed by atoms with E-state index in [4.69, 9.17) is 0 Å². The van der Waals surface area contributed by atoms with Crippen molar-refractivity contribution in [3.05, 3.63) is 60.7 Å². The third-order valence-electron chi connectivity index (χ3n) is 2.48. The third kappa shape index (κ3) is 2.85. The van der Waals surface area contributed by atoms with E-state index in [1.807, 2.05) is 31.2 Å².